The maximum Gasteiger partial charge on any atom is 0.0685 e. The van der Waals surface area contributed by atoms with Crippen LogP contribution in [0, 0.1) is 11.3 Å². The van der Waals surface area contributed by atoms with E-state index in [-0.39, 0.29) is 5.60 Å². The summed E-state index contributed by atoms with van der Waals surface area (Å²) in [6.07, 6.45) is 11.7. The van der Waals surface area contributed by atoms with Gasteiger partial charge in [-0.3, -0.25) is 11.3 Å². The maximum absolute atomic E-state index is 6.20. The first-order valence-corrected chi connectivity index (χ1v) is 7.78. The van der Waals surface area contributed by atoms with Crippen LogP contribution in [0.25, 0.3) is 0 Å². The minimum absolute atomic E-state index is 0.210. The summed E-state index contributed by atoms with van der Waals surface area (Å²) in [5.41, 5.74) is 3.82. The van der Waals surface area contributed by atoms with Crippen molar-refractivity contribution in [2.24, 2.45) is 17.2 Å². The Balaban J connectivity index is 1.69. The summed E-state index contributed by atoms with van der Waals surface area (Å²) in [5.74, 6) is 6.57. The minimum atomic E-state index is 0.210. The van der Waals surface area contributed by atoms with Crippen molar-refractivity contribution in [3.63, 3.8) is 0 Å². The average Bonchev–Trinajstić information content (AvgIpc) is 3.10. The molecule has 0 aromatic carbocycles. The molecule has 3 rings (SSSR count). The first-order chi connectivity index (χ1) is 8.68. The van der Waals surface area contributed by atoms with Crippen LogP contribution in [-0.4, -0.2) is 18.2 Å². The first kappa shape index (κ1) is 12.9. The van der Waals surface area contributed by atoms with Gasteiger partial charge in [-0.2, -0.15) is 0 Å². The molecule has 104 valence electrons. The molecule has 3 aliphatic rings. The lowest BCUT2D eigenvalue weighted by atomic mass is 9.71. The summed E-state index contributed by atoms with van der Waals surface area (Å²) < 4.78 is 6.20. The van der Waals surface area contributed by atoms with Crippen LogP contribution >= 0.6 is 0 Å². The highest BCUT2D eigenvalue weighted by atomic mass is 16.5. The van der Waals surface area contributed by atoms with Crippen molar-refractivity contribution in [2.45, 2.75) is 76.4 Å². The monoisotopic (exact) mass is 252 g/mol. The molecule has 3 heteroatoms. The Labute approximate surface area is 111 Å². The minimum Gasteiger partial charge on any atom is -0.375 e. The van der Waals surface area contributed by atoms with E-state index < -0.39 is 0 Å². The van der Waals surface area contributed by atoms with Gasteiger partial charge >= 0.3 is 0 Å². The van der Waals surface area contributed by atoms with Gasteiger partial charge < -0.3 is 4.74 Å². The standard InChI is InChI=1S/C15H28N2O/c1-14(8-9-14)13(17-16)12-5-10-18-15(11-12)6-3-2-4-7-15/h12-13,17H,2-11,16H2,1H3. The van der Waals surface area contributed by atoms with Crippen molar-refractivity contribution in [1.29, 1.82) is 0 Å². The smallest absolute Gasteiger partial charge is 0.0685 e. The summed E-state index contributed by atoms with van der Waals surface area (Å²) >= 11 is 0. The highest BCUT2D eigenvalue weighted by molar-refractivity contribution is 5.03. The Morgan fingerprint density at radius 2 is 1.89 bits per heavy atom. The van der Waals surface area contributed by atoms with Gasteiger partial charge in [-0.05, 0) is 49.9 Å². The second-order valence-corrected chi connectivity index (χ2v) is 7.14. The number of rotatable bonds is 3. The summed E-state index contributed by atoms with van der Waals surface area (Å²) in [7, 11) is 0. The number of hydrazine groups is 1. The van der Waals surface area contributed by atoms with Gasteiger partial charge in [0, 0.05) is 12.6 Å². The number of hydrogen-bond acceptors (Lipinski definition) is 3. The molecule has 3 N–H and O–H groups in total. The number of nitrogens with two attached hydrogens (primary N) is 1. The van der Waals surface area contributed by atoms with Gasteiger partial charge in [0.1, 0.15) is 0 Å². The number of hydrogen-bond donors (Lipinski definition) is 2. The zero-order chi connectivity index (χ0) is 12.6. The van der Waals surface area contributed by atoms with Gasteiger partial charge in [0.05, 0.1) is 5.60 Å². The van der Waals surface area contributed by atoms with E-state index in [0.717, 1.165) is 6.61 Å². The van der Waals surface area contributed by atoms with Crippen molar-refractivity contribution in [3.8, 4) is 0 Å². The lowest BCUT2D eigenvalue weighted by molar-refractivity contribution is -0.124. The fourth-order valence-corrected chi connectivity index (χ4v) is 4.31. The van der Waals surface area contributed by atoms with Gasteiger partial charge in [0.2, 0.25) is 0 Å². The van der Waals surface area contributed by atoms with E-state index in [9.17, 15) is 0 Å². The van der Waals surface area contributed by atoms with E-state index in [2.05, 4.69) is 12.3 Å². The molecule has 1 spiro atoms. The molecule has 0 amide bonds. The van der Waals surface area contributed by atoms with E-state index in [0.29, 0.717) is 17.4 Å². The highest BCUT2D eigenvalue weighted by Crippen LogP contribution is 2.53. The molecule has 0 radical (unpaired) electrons. The molecule has 1 saturated heterocycles. The fraction of sp³-hybridized carbons (Fsp3) is 1.00. The Kier molecular flexibility index (Phi) is 3.41. The van der Waals surface area contributed by atoms with E-state index in [1.165, 1.54) is 57.8 Å². The molecule has 0 bridgehead atoms. The molecule has 3 fully saturated rings. The average molecular weight is 252 g/mol. The van der Waals surface area contributed by atoms with Gasteiger partial charge in [0.15, 0.2) is 0 Å². The highest BCUT2D eigenvalue weighted by Gasteiger charge is 2.50. The molecular weight excluding hydrogens is 224 g/mol. The van der Waals surface area contributed by atoms with E-state index >= 15 is 0 Å². The van der Waals surface area contributed by atoms with Crippen LogP contribution in [0.3, 0.4) is 0 Å². The van der Waals surface area contributed by atoms with Crippen molar-refractivity contribution in [2.75, 3.05) is 6.61 Å². The summed E-state index contributed by atoms with van der Waals surface area (Å²) in [6.45, 7) is 3.33. The Bertz CT molecular complexity index is 289. The molecule has 1 heterocycles. The Morgan fingerprint density at radius 1 is 1.17 bits per heavy atom. The van der Waals surface area contributed by atoms with Crippen molar-refractivity contribution < 1.29 is 4.74 Å². The third-order valence-electron chi connectivity index (χ3n) is 5.74. The van der Waals surface area contributed by atoms with E-state index in [1.807, 2.05) is 0 Å². The number of nitrogens with one attached hydrogen (secondary N) is 1. The molecule has 0 aromatic rings. The predicted octanol–water partition coefficient (Wildman–Crippen LogP) is 2.75. The Hall–Kier alpha value is -0.120. The lowest BCUT2D eigenvalue weighted by Crippen LogP contribution is -2.52. The topological polar surface area (TPSA) is 47.3 Å². The molecular formula is C15H28N2O. The van der Waals surface area contributed by atoms with Crippen LogP contribution in [0.4, 0.5) is 0 Å². The molecule has 18 heavy (non-hydrogen) atoms. The fourth-order valence-electron chi connectivity index (χ4n) is 4.31. The zero-order valence-electron chi connectivity index (χ0n) is 11.7. The zero-order valence-corrected chi connectivity index (χ0v) is 11.7. The van der Waals surface area contributed by atoms with Gasteiger partial charge in [0.25, 0.3) is 0 Å². The summed E-state index contributed by atoms with van der Waals surface area (Å²) in [5, 5.41) is 0. The second kappa shape index (κ2) is 4.77. The van der Waals surface area contributed by atoms with Crippen LogP contribution < -0.4 is 11.3 Å². The predicted molar refractivity (Wildman–Crippen MR) is 72.9 cm³/mol. The van der Waals surface area contributed by atoms with Crippen LogP contribution in [0.5, 0.6) is 0 Å². The van der Waals surface area contributed by atoms with Gasteiger partial charge in [-0.25, -0.2) is 0 Å². The van der Waals surface area contributed by atoms with Gasteiger partial charge in [-0.1, -0.05) is 26.2 Å². The Morgan fingerprint density at radius 3 is 2.50 bits per heavy atom. The van der Waals surface area contributed by atoms with Gasteiger partial charge in [-0.15, -0.1) is 0 Å². The van der Waals surface area contributed by atoms with Crippen LogP contribution in [0.2, 0.25) is 0 Å². The molecule has 3 nitrogen and oxygen atoms in total. The molecule has 2 atom stereocenters. The van der Waals surface area contributed by atoms with Crippen LogP contribution in [-0.2, 0) is 4.74 Å². The molecule has 2 saturated carbocycles. The molecule has 2 unspecified atom stereocenters. The van der Waals surface area contributed by atoms with Crippen LogP contribution in [0.15, 0.2) is 0 Å². The SMILES string of the molecule is CC1(C(NN)C2CCOC3(CCCCC3)C2)CC1. The van der Waals surface area contributed by atoms with Crippen molar-refractivity contribution in [1.82, 2.24) is 5.43 Å². The third-order valence-corrected chi connectivity index (χ3v) is 5.74. The normalized spacial score (nSPS) is 35.3. The maximum atomic E-state index is 6.20. The first-order valence-electron chi connectivity index (χ1n) is 7.78. The number of ether oxygens (including phenoxy) is 1. The lowest BCUT2D eigenvalue weighted by Gasteiger charge is -2.46. The van der Waals surface area contributed by atoms with Crippen molar-refractivity contribution in [3.05, 3.63) is 0 Å². The van der Waals surface area contributed by atoms with E-state index in [4.69, 9.17) is 10.6 Å². The quantitative estimate of drug-likeness (QED) is 0.600. The summed E-state index contributed by atoms with van der Waals surface area (Å²) in [6, 6.07) is 0.500. The summed E-state index contributed by atoms with van der Waals surface area (Å²) in [4.78, 5) is 0. The molecule has 2 aliphatic carbocycles. The second-order valence-electron chi connectivity index (χ2n) is 7.14. The van der Waals surface area contributed by atoms with Crippen molar-refractivity contribution >= 4 is 0 Å². The molecule has 0 aromatic heterocycles. The third kappa shape index (κ3) is 2.33. The van der Waals surface area contributed by atoms with E-state index in [1.54, 1.807) is 0 Å². The largest absolute Gasteiger partial charge is 0.375 e. The molecule has 1 aliphatic heterocycles. The van der Waals surface area contributed by atoms with Crippen LogP contribution in [0.1, 0.15) is 64.7 Å².